The second-order valence-electron chi connectivity index (χ2n) is 7.31. The molecule has 3 aliphatic heterocycles. The summed E-state index contributed by atoms with van der Waals surface area (Å²) in [4.78, 5) is 15.3. The molecule has 0 bridgehead atoms. The molecule has 1 aromatic carbocycles. The average molecular weight is 354 g/mol. The van der Waals surface area contributed by atoms with Gasteiger partial charge in [0.25, 0.3) is 0 Å². The van der Waals surface area contributed by atoms with Crippen LogP contribution in [-0.4, -0.2) is 38.9 Å². The number of fused-ring (bicyclic) bond motifs is 2. The van der Waals surface area contributed by atoms with Gasteiger partial charge in [0.1, 0.15) is 11.6 Å². The summed E-state index contributed by atoms with van der Waals surface area (Å²) in [7, 11) is 0. The van der Waals surface area contributed by atoms with Crippen LogP contribution in [-0.2, 0) is 17.8 Å². The zero-order valence-electron chi connectivity index (χ0n) is 14.9. The zero-order valence-corrected chi connectivity index (χ0v) is 14.9. The number of hydrogen-bond donors (Lipinski definition) is 0. The minimum Gasteiger partial charge on any atom is -0.454 e. The summed E-state index contributed by atoms with van der Waals surface area (Å²) >= 11 is 0. The van der Waals surface area contributed by atoms with E-state index in [0.717, 1.165) is 60.9 Å². The Bertz CT molecular complexity index is 862. The van der Waals surface area contributed by atoms with Gasteiger partial charge in [-0.3, -0.25) is 4.79 Å². The van der Waals surface area contributed by atoms with E-state index in [1.165, 1.54) is 0 Å². The molecule has 7 nitrogen and oxygen atoms in total. The van der Waals surface area contributed by atoms with Crippen molar-refractivity contribution in [2.45, 2.75) is 45.2 Å². The smallest absolute Gasteiger partial charge is 0.231 e. The number of rotatable bonds is 2. The number of amides is 1. The number of carbonyl (C=O) groups is 1. The fourth-order valence-corrected chi connectivity index (χ4v) is 4.40. The van der Waals surface area contributed by atoms with Crippen molar-refractivity contribution in [1.29, 1.82) is 0 Å². The minimum atomic E-state index is 0.00631. The molecular formula is C19H22N4O3. The summed E-state index contributed by atoms with van der Waals surface area (Å²) in [5.41, 5.74) is 1.14. The first-order chi connectivity index (χ1) is 12.7. The lowest BCUT2D eigenvalue weighted by atomic mass is 9.96. The van der Waals surface area contributed by atoms with Gasteiger partial charge >= 0.3 is 0 Å². The van der Waals surface area contributed by atoms with Crippen LogP contribution in [0.5, 0.6) is 11.5 Å². The Morgan fingerprint density at radius 1 is 1.19 bits per heavy atom. The highest BCUT2D eigenvalue weighted by Crippen LogP contribution is 2.40. The van der Waals surface area contributed by atoms with Crippen LogP contribution in [0.1, 0.15) is 42.5 Å². The van der Waals surface area contributed by atoms with E-state index in [0.29, 0.717) is 6.54 Å². The van der Waals surface area contributed by atoms with Crippen molar-refractivity contribution in [2.24, 2.45) is 5.92 Å². The molecule has 1 fully saturated rings. The van der Waals surface area contributed by atoms with Crippen molar-refractivity contribution in [1.82, 2.24) is 19.7 Å². The summed E-state index contributed by atoms with van der Waals surface area (Å²) in [5.74, 6) is 3.72. The van der Waals surface area contributed by atoms with Gasteiger partial charge in [0.2, 0.25) is 12.7 Å². The van der Waals surface area contributed by atoms with Crippen LogP contribution in [0.2, 0.25) is 0 Å². The topological polar surface area (TPSA) is 69.5 Å². The molecule has 0 saturated carbocycles. The third-order valence-corrected chi connectivity index (χ3v) is 5.80. The molecule has 2 atom stereocenters. The third kappa shape index (κ3) is 2.45. The lowest BCUT2D eigenvalue weighted by molar-refractivity contribution is -0.137. The Hall–Kier alpha value is -2.57. The quantitative estimate of drug-likeness (QED) is 0.827. The van der Waals surface area contributed by atoms with E-state index < -0.39 is 0 Å². The Morgan fingerprint density at radius 2 is 2.08 bits per heavy atom. The monoisotopic (exact) mass is 354 g/mol. The van der Waals surface area contributed by atoms with Crippen LogP contribution in [0.15, 0.2) is 18.2 Å². The molecular weight excluding hydrogens is 332 g/mol. The fraction of sp³-hybridized carbons (Fsp3) is 0.526. The van der Waals surface area contributed by atoms with Crippen molar-refractivity contribution >= 4 is 5.91 Å². The van der Waals surface area contributed by atoms with Gasteiger partial charge in [-0.15, -0.1) is 10.2 Å². The van der Waals surface area contributed by atoms with E-state index >= 15 is 0 Å². The predicted molar refractivity (Wildman–Crippen MR) is 92.8 cm³/mol. The largest absolute Gasteiger partial charge is 0.454 e. The van der Waals surface area contributed by atoms with Crippen molar-refractivity contribution in [3.63, 3.8) is 0 Å². The molecule has 1 saturated heterocycles. The van der Waals surface area contributed by atoms with Crippen molar-refractivity contribution in [2.75, 3.05) is 13.3 Å². The van der Waals surface area contributed by atoms with Crippen molar-refractivity contribution in [3.05, 3.63) is 35.4 Å². The molecule has 7 heteroatoms. The highest BCUT2D eigenvalue weighted by atomic mass is 16.7. The number of carbonyl (C=O) groups excluding carboxylic acids is 1. The molecule has 0 N–H and O–H groups in total. The van der Waals surface area contributed by atoms with Crippen molar-refractivity contribution < 1.29 is 14.3 Å². The van der Waals surface area contributed by atoms with E-state index in [1.54, 1.807) is 0 Å². The molecule has 26 heavy (non-hydrogen) atoms. The van der Waals surface area contributed by atoms with Gasteiger partial charge in [-0.2, -0.15) is 0 Å². The summed E-state index contributed by atoms with van der Waals surface area (Å²) in [5, 5.41) is 8.35. The molecule has 2 unspecified atom stereocenters. The molecule has 2 aromatic rings. The van der Waals surface area contributed by atoms with Gasteiger partial charge in [-0.25, -0.2) is 0 Å². The van der Waals surface area contributed by atoms with E-state index in [2.05, 4.69) is 25.7 Å². The van der Waals surface area contributed by atoms with Gasteiger partial charge in [0, 0.05) is 19.5 Å². The maximum Gasteiger partial charge on any atom is 0.231 e. The van der Waals surface area contributed by atoms with E-state index in [4.69, 9.17) is 9.47 Å². The van der Waals surface area contributed by atoms with Crippen LogP contribution >= 0.6 is 0 Å². The maximum atomic E-state index is 13.3. The molecule has 1 amide bonds. The number of nitrogens with zero attached hydrogens (tertiary/aromatic N) is 4. The Kier molecular flexibility index (Phi) is 3.62. The average Bonchev–Trinajstić information content (AvgIpc) is 3.40. The van der Waals surface area contributed by atoms with Gasteiger partial charge in [-0.05, 0) is 43.9 Å². The minimum absolute atomic E-state index is 0.00631. The fourth-order valence-electron chi connectivity index (χ4n) is 4.40. The Labute approximate surface area is 151 Å². The lowest BCUT2D eigenvalue weighted by Crippen LogP contribution is -2.39. The van der Waals surface area contributed by atoms with Crippen LogP contribution in [0.3, 0.4) is 0 Å². The summed E-state index contributed by atoms with van der Waals surface area (Å²) in [6, 6.07) is 6.17. The first-order valence-corrected chi connectivity index (χ1v) is 9.29. The second-order valence-corrected chi connectivity index (χ2v) is 7.31. The van der Waals surface area contributed by atoms with Gasteiger partial charge in [0.15, 0.2) is 11.5 Å². The third-order valence-electron chi connectivity index (χ3n) is 5.80. The van der Waals surface area contributed by atoms with Crippen molar-refractivity contribution in [3.8, 4) is 11.5 Å². The van der Waals surface area contributed by atoms with Crippen LogP contribution in [0, 0.1) is 12.8 Å². The molecule has 3 aliphatic rings. The normalized spacial score (nSPS) is 24.0. The number of hydrogen-bond acceptors (Lipinski definition) is 5. The van der Waals surface area contributed by atoms with Crippen LogP contribution in [0.25, 0.3) is 0 Å². The van der Waals surface area contributed by atoms with Crippen LogP contribution in [0.4, 0.5) is 0 Å². The van der Waals surface area contributed by atoms with Crippen LogP contribution < -0.4 is 9.47 Å². The summed E-state index contributed by atoms with van der Waals surface area (Å²) < 4.78 is 13.0. The number of aromatic nitrogens is 3. The number of benzene rings is 1. The highest BCUT2D eigenvalue weighted by molar-refractivity contribution is 5.80. The predicted octanol–water partition coefficient (Wildman–Crippen LogP) is 2.24. The first-order valence-electron chi connectivity index (χ1n) is 9.29. The standard InChI is InChI=1S/C19H22N4O3/c1-12-20-21-18-7-5-14(10-23(12)18)19(24)22-8-2-3-15(22)13-4-6-16-17(9-13)26-11-25-16/h4,6,9,14-15H,2-3,5,7-8,10-11H2,1H3. The molecule has 5 rings (SSSR count). The highest BCUT2D eigenvalue weighted by Gasteiger charge is 2.36. The van der Waals surface area contributed by atoms with Gasteiger partial charge in [0.05, 0.1) is 12.0 Å². The van der Waals surface area contributed by atoms with E-state index in [9.17, 15) is 4.79 Å². The zero-order chi connectivity index (χ0) is 17.7. The van der Waals surface area contributed by atoms with Gasteiger partial charge in [-0.1, -0.05) is 6.07 Å². The van der Waals surface area contributed by atoms with E-state index in [1.807, 2.05) is 19.1 Å². The number of ether oxygens (including phenoxy) is 2. The molecule has 136 valence electrons. The first kappa shape index (κ1) is 15.7. The molecule has 0 spiro atoms. The molecule has 1 aromatic heterocycles. The summed E-state index contributed by atoms with van der Waals surface area (Å²) in [6.07, 6.45) is 3.70. The SMILES string of the molecule is Cc1nnc2n1CC(C(=O)N1CCCC1c1ccc3c(c1)OCO3)CC2. The molecule has 0 radical (unpaired) electrons. The van der Waals surface area contributed by atoms with E-state index in [-0.39, 0.29) is 24.7 Å². The lowest BCUT2D eigenvalue weighted by Gasteiger charge is -2.31. The number of aryl methyl sites for hydroxylation is 2. The molecule has 4 heterocycles. The Balaban J connectivity index is 1.37. The van der Waals surface area contributed by atoms with Gasteiger partial charge < -0.3 is 18.9 Å². The number of likely N-dealkylation sites (tertiary alicyclic amines) is 1. The second kappa shape index (κ2) is 6.00. The maximum absolute atomic E-state index is 13.3. The molecule has 0 aliphatic carbocycles. The Morgan fingerprint density at radius 3 is 3.00 bits per heavy atom. The summed E-state index contributed by atoms with van der Waals surface area (Å²) in [6.45, 7) is 3.74.